The van der Waals surface area contributed by atoms with Crippen LogP contribution >= 0.6 is 0 Å². The maximum atomic E-state index is 5.28. The van der Waals surface area contributed by atoms with Crippen molar-refractivity contribution >= 4 is 11.0 Å². The first kappa shape index (κ1) is 15.5. The summed E-state index contributed by atoms with van der Waals surface area (Å²) in [7, 11) is 1.69. The number of ether oxygens (including phenoxy) is 1. The van der Waals surface area contributed by atoms with Gasteiger partial charge in [0.1, 0.15) is 16.8 Å². The Hall–Kier alpha value is -2.40. The van der Waals surface area contributed by atoms with Crippen LogP contribution in [0.25, 0.3) is 11.0 Å². The van der Waals surface area contributed by atoms with Crippen molar-refractivity contribution in [2.45, 2.75) is 33.0 Å². The molecule has 0 aliphatic heterocycles. The third-order valence-electron chi connectivity index (χ3n) is 3.98. The van der Waals surface area contributed by atoms with Gasteiger partial charge in [0.2, 0.25) is 0 Å². The molecule has 1 aromatic heterocycles. The molecular weight excluding hydrogens is 288 g/mol. The largest absolute Gasteiger partial charge is 0.497 e. The Morgan fingerprint density at radius 3 is 2.74 bits per heavy atom. The Bertz CT molecular complexity index is 797. The van der Waals surface area contributed by atoms with Gasteiger partial charge in [0.15, 0.2) is 0 Å². The van der Waals surface area contributed by atoms with E-state index in [2.05, 4.69) is 46.7 Å². The lowest BCUT2D eigenvalue weighted by Crippen LogP contribution is -2.18. The van der Waals surface area contributed by atoms with E-state index in [1.807, 2.05) is 25.1 Å². The number of fused-ring (bicyclic) bond motifs is 1. The van der Waals surface area contributed by atoms with Gasteiger partial charge >= 0.3 is 0 Å². The van der Waals surface area contributed by atoms with Crippen LogP contribution in [0.5, 0.6) is 5.75 Å². The lowest BCUT2D eigenvalue weighted by Gasteiger charge is -2.15. The minimum absolute atomic E-state index is 0.243. The standard InChI is InChI=1S/C18H22N4O/c1-4-22-20-17-9-8-14(10-18(17)21-22)12-19-13(2)15-6-5-7-16(11-15)23-3/h5-11,13,19H,4,12H2,1-3H3/t13-/m1/s1. The summed E-state index contributed by atoms with van der Waals surface area (Å²) in [5, 5.41) is 12.4. The first-order valence-corrected chi connectivity index (χ1v) is 7.90. The fourth-order valence-electron chi connectivity index (χ4n) is 2.56. The normalized spacial score (nSPS) is 12.5. The molecule has 0 aliphatic carbocycles. The molecule has 5 heteroatoms. The molecule has 3 rings (SSSR count). The molecule has 0 spiro atoms. The van der Waals surface area contributed by atoms with Gasteiger partial charge in [0, 0.05) is 12.6 Å². The fraction of sp³-hybridized carbons (Fsp3) is 0.333. The van der Waals surface area contributed by atoms with E-state index in [-0.39, 0.29) is 6.04 Å². The third-order valence-corrected chi connectivity index (χ3v) is 3.98. The van der Waals surface area contributed by atoms with E-state index >= 15 is 0 Å². The molecule has 0 aliphatic rings. The number of nitrogens with one attached hydrogen (secondary N) is 1. The van der Waals surface area contributed by atoms with Crippen molar-refractivity contribution in [3.8, 4) is 5.75 Å². The summed E-state index contributed by atoms with van der Waals surface area (Å²) in [6.07, 6.45) is 0. The van der Waals surface area contributed by atoms with E-state index in [9.17, 15) is 0 Å². The zero-order valence-electron chi connectivity index (χ0n) is 13.8. The minimum Gasteiger partial charge on any atom is -0.497 e. The Morgan fingerprint density at radius 1 is 1.13 bits per heavy atom. The summed E-state index contributed by atoms with van der Waals surface area (Å²) in [5.74, 6) is 0.883. The second-order valence-corrected chi connectivity index (χ2v) is 5.59. The van der Waals surface area contributed by atoms with E-state index in [0.717, 1.165) is 29.9 Å². The van der Waals surface area contributed by atoms with Gasteiger partial charge in [-0.2, -0.15) is 15.0 Å². The molecule has 0 saturated carbocycles. The molecule has 0 bridgehead atoms. The van der Waals surface area contributed by atoms with Gasteiger partial charge < -0.3 is 10.1 Å². The molecule has 0 amide bonds. The van der Waals surface area contributed by atoms with Crippen LogP contribution in [0, 0.1) is 0 Å². The summed E-state index contributed by atoms with van der Waals surface area (Å²) >= 11 is 0. The lowest BCUT2D eigenvalue weighted by atomic mass is 10.1. The van der Waals surface area contributed by atoms with Gasteiger partial charge in [-0.25, -0.2) is 0 Å². The second-order valence-electron chi connectivity index (χ2n) is 5.59. The minimum atomic E-state index is 0.243. The highest BCUT2D eigenvalue weighted by atomic mass is 16.5. The van der Waals surface area contributed by atoms with Crippen LogP contribution in [0.1, 0.15) is 31.0 Å². The smallest absolute Gasteiger partial charge is 0.119 e. The second kappa shape index (κ2) is 6.79. The number of hydrogen-bond donors (Lipinski definition) is 1. The maximum Gasteiger partial charge on any atom is 0.119 e. The number of benzene rings is 2. The predicted molar refractivity (Wildman–Crippen MR) is 91.5 cm³/mol. The average Bonchev–Trinajstić information content (AvgIpc) is 3.02. The van der Waals surface area contributed by atoms with Crippen molar-refractivity contribution in [3.05, 3.63) is 53.6 Å². The maximum absolute atomic E-state index is 5.28. The van der Waals surface area contributed by atoms with Crippen LogP contribution in [0.4, 0.5) is 0 Å². The van der Waals surface area contributed by atoms with E-state index in [4.69, 9.17) is 4.74 Å². The van der Waals surface area contributed by atoms with E-state index in [1.54, 1.807) is 11.9 Å². The highest BCUT2D eigenvalue weighted by Crippen LogP contribution is 2.19. The van der Waals surface area contributed by atoms with Crippen molar-refractivity contribution in [1.82, 2.24) is 20.3 Å². The van der Waals surface area contributed by atoms with Gasteiger partial charge in [0.25, 0.3) is 0 Å². The number of nitrogens with zero attached hydrogens (tertiary/aromatic N) is 3. The summed E-state index contributed by atoms with van der Waals surface area (Å²) in [5.41, 5.74) is 4.30. The first-order valence-electron chi connectivity index (χ1n) is 7.90. The fourth-order valence-corrected chi connectivity index (χ4v) is 2.56. The molecule has 120 valence electrons. The van der Waals surface area contributed by atoms with Crippen LogP contribution in [0.3, 0.4) is 0 Å². The van der Waals surface area contributed by atoms with E-state index < -0.39 is 0 Å². The number of aromatic nitrogens is 3. The van der Waals surface area contributed by atoms with Crippen LogP contribution < -0.4 is 10.1 Å². The highest BCUT2D eigenvalue weighted by Gasteiger charge is 2.07. The molecule has 1 heterocycles. The molecule has 5 nitrogen and oxygen atoms in total. The monoisotopic (exact) mass is 310 g/mol. The lowest BCUT2D eigenvalue weighted by molar-refractivity contribution is 0.413. The summed E-state index contributed by atoms with van der Waals surface area (Å²) in [4.78, 5) is 1.72. The number of methoxy groups -OCH3 is 1. The Morgan fingerprint density at radius 2 is 1.96 bits per heavy atom. The highest BCUT2D eigenvalue weighted by molar-refractivity contribution is 5.74. The van der Waals surface area contributed by atoms with Crippen molar-refractivity contribution < 1.29 is 4.74 Å². The zero-order chi connectivity index (χ0) is 16.2. The summed E-state index contributed by atoms with van der Waals surface area (Å²) in [6.45, 7) is 5.76. The van der Waals surface area contributed by atoms with Gasteiger partial charge in [0.05, 0.1) is 13.7 Å². The van der Waals surface area contributed by atoms with Gasteiger partial charge in [-0.05, 0) is 49.2 Å². The van der Waals surface area contributed by atoms with E-state index in [0.29, 0.717) is 0 Å². The number of aryl methyl sites for hydroxylation is 1. The molecule has 2 aromatic carbocycles. The third kappa shape index (κ3) is 3.51. The molecular formula is C18H22N4O. The molecule has 23 heavy (non-hydrogen) atoms. The molecule has 3 aromatic rings. The average molecular weight is 310 g/mol. The van der Waals surface area contributed by atoms with Crippen LogP contribution in [-0.2, 0) is 13.1 Å². The number of hydrogen-bond acceptors (Lipinski definition) is 4. The van der Waals surface area contributed by atoms with Gasteiger partial charge in [-0.3, -0.25) is 0 Å². The zero-order valence-corrected chi connectivity index (χ0v) is 13.8. The van der Waals surface area contributed by atoms with Gasteiger partial charge in [-0.1, -0.05) is 18.2 Å². The van der Waals surface area contributed by atoms with Crippen molar-refractivity contribution in [2.75, 3.05) is 7.11 Å². The van der Waals surface area contributed by atoms with Crippen LogP contribution in [-0.4, -0.2) is 22.1 Å². The Labute approximate surface area is 136 Å². The molecule has 1 atom stereocenters. The molecule has 1 N–H and O–H groups in total. The van der Waals surface area contributed by atoms with Crippen LogP contribution in [0.2, 0.25) is 0 Å². The molecule has 0 fully saturated rings. The Kier molecular flexibility index (Phi) is 4.57. The molecule has 0 saturated heterocycles. The molecule has 0 radical (unpaired) electrons. The van der Waals surface area contributed by atoms with Crippen molar-refractivity contribution in [2.24, 2.45) is 0 Å². The number of rotatable bonds is 6. The summed E-state index contributed by atoms with van der Waals surface area (Å²) in [6, 6.07) is 14.6. The van der Waals surface area contributed by atoms with Crippen molar-refractivity contribution in [1.29, 1.82) is 0 Å². The Balaban J connectivity index is 1.69. The molecule has 0 unspecified atom stereocenters. The quantitative estimate of drug-likeness (QED) is 0.759. The SMILES string of the molecule is CCn1nc2ccc(CN[C@H](C)c3cccc(OC)c3)cc2n1. The van der Waals surface area contributed by atoms with Crippen LogP contribution in [0.15, 0.2) is 42.5 Å². The predicted octanol–water partition coefficient (Wildman–Crippen LogP) is 3.31. The van der Waals surface area contributed by atoms with Crippen molar-refractivity contribution in [3.63, 3.8) is 0 Å². The first-order chi connectivity index (χ1) is 11.2. The van der Waals surface area contributed by atoms with E-state index in [1.165, 1.54) is 11.1 Å². The summed E-state index contributed by atoms with van der Waals surface area (Å²) < 4.78 is 5.28. The topological polar surface area (TPSA) is 52.0 Å². The van der Waals surface area contributed by atoms with Gasteiger partial charge in [-0.15, -0.1) is 0 Å².